The molecular weight excluding hydrogens is 452 g/mol. The number of thiophene rings is 1. The lowest BCUT2D eigenvalue weighted by molar-refractivity contribution is -0.135. The van der Waals surface area contributed by atoms with E-state index in [0.29, 0.717) is 13.1 Å². The number of hydrogen-bond donors (Lipinski definition) is 1. The van der Waals surface area contributed by atoms with Gasteiger partial charge >= 0.3 is 0 Å². The number of hydrogen-bond acceptors (Lipinski definition) is 7. The highest BCUT2D eigenvalue weighted by molar-refractivity contribution is 7.91. The van der Waals surface area contributed by atoms with Crippen LogP contribution in [0, 0.1) is 5.92 Å². The number of amides is 1. The van der Waals surface area contributed by atoms with Crippen LogP contribution in [0.5, 0.6) is 0 Å². The van der Waals surface area contributed by atoms with Crippen LogP contribution in [0.2, 0.25) is 0 Å². The third-order valence-electron chi connectivity index (χ3n) is 5.36. The number of sulfonamides is 1. The van der Waals surface area contributed by atoms with Gasteiger partial charge in [-0.2, -0.15) is 4.72 Å². The lowest BCUT2D eigenvalue weighted by Gasteiger charge is -2.36. The third kappa shape index (κ3) is 5.15. The monoisotopic (exact) mass is 478 g/mol. The highest BCUT2D eigenvalue weighted by Crippen LogP contribution is 2.23. The van der Waals surface area contributed by atoms with Crippen LogP contribution in [0.15, 0.2) is 46.0 Å². The summed E-state index contributed by atoms with van der Waals surface area (Å²) in [7, 11) is -3.71. The quantitative estimate of drug-likeness (QED) is 0.565. The Morgan fingerprint density at radius 1 is 1.13 bits per heavy atom. The number of benzene rings is 1. The van der Waals surface area contributed by atoms with Crippen LogP contribution in [0.1, 0.15) is 18.9 Å². The van der Waals surface area contributed by atoms with E-state index < -0.39 is 16.1 Å². The summed E-state index contributed by atoms with van der Waals surface area (Å²) in [5.74, 6) is -0.308. The maximum Gasteiger partial charge on any atom is 0.250 e. The standard InChI is InChI=1S/C21H26N4O3S3/c1-15(2)20(23-31(27,28)19-8-5-13-29-19)21(26)25-11-9-24(10-12-25)14-18-22-16-6-3-4-7-17(16)30-18/h3-8,13,15,20,23H,9-12,14H2,1-2H3. The molecule has 0 radical (unpaired) electrons. The predicted molar refractivity (Wildman–Crippen MR) is 125 cm³/mol. The molecule has 1 aliphatic rings. The number of nitrogens with one attached hydrogen (secondary N) is 1. The molecule has 2 aromatic heterocycles. The first-order valence-corrected chi connectivity index (χ1v) is 13.4. The Morgan fingerprint density at radius 3 is 2.52 bits per heavy atom. The lowest BCUT2D eigenvalue weighted by Crippen LogP contribution is -2.56. The molecule has 1 aromatic carbocycles. The van der Waals surface area contributed by atoms with E-state index in [2.05, 4.69) is 15.7 Å². The minimum Gasteiger partial charge on any atom is -0.339 e. The Bertz CT molecular complexity index is 1100. The molecule has 1 aliphatic heterocycles. The number of aromatic nitrogens is 1. The van der Waals surface area contributed by atoms with E-state index in [0.717, 1.165) is 41.5 Å². The van der Waals surface area contributed by atoms with Gasteiger partial charge in [-0.15, -0.1) is 22.7 Å². The van der Waals surface area contributed by atoms with Crippen molar-refractivity contribution < 1.29 is 13.2 Å². The molecule has 1 N–H and O–H groups in total. The number of rotatable bonds is 7. The molecule has 1 fully saturated rings. The van der Waals surface area contributed by atoms with Gasteiger partial charge in [0, 0.05) is 26.2 Å². The van der Waals surface area contributed by atoms with E-state index in [1.165, 1.54) is 4.70 Å². The second kappa shape index (κ2) is 9.33. The fraction of sp³-hybridized carbons (Fsp3) is 0.429. The fourth-order valence-corrected chi connectivity index (χ4v) is 6.97. The second-order valence-electron chi connectivity index (χ2n) is 7.95. The van der Waals surface area contributed by atoms with E-state index in [-0.39, 0.29) is 16.0 Å². The molecule has 7 nitrogen and oxygen atoms in total. The highest BCUT2D eigenvalue weighted by atomic mass is 32.2. The number of nitrogens with zero attached hydrogens (tertiary/aromatic N) is 3. The number of thiazole rings is 1. The van der Waals surface area contributed by atoms with Crippen LogP contribution < -0.4 is 4.72 Å². The molecule has 0 spiro atoms. The van der Waals surface area contributed by atoms with Crippen LogP contribution in [0.3, 0.4) is 0 Å². The summed E-state index contributed by atoms with van der Waals surface area (Å²) in [6, 6.07) is 10.6. The Balaban J connectivity index is 1.36. The normalized spacial score (nSPS) is 16.8. The first kappa shape index (κ1) is 22.3. The van der Waals surface area contributed by atoms with Gasteiger partial charge in [-0.1, -0.05) is 32.0 Å². The summed E-state index contributed by atoms with van der Waals surface area (Å²) >= 11 is 2.85. The van der Waals surface area contributed by atoms with E-state index in [4.69, 9.17) is 4.98 Å². The van der Waals surface area contributed by atoms with Crippen molar-refractivity contribution >= 4 is 48.8 Å². The smallest absolute Gasteiger partial charge is 0.250 e. The molecule has 0 aliphatic carbocycles. The van der Waals surface area contributed by atoms with Gasteiger partial charge in [0.05, 0.1) is 16.8 Å². The van der Waals surface area contributed by atoms with E-state index >= 15 is 0 Å². The minimum atomic E-state index is -3.71. The van der Waals surface area contributed by atoms with Gasteiger partial charge in [-0.3, -0.25) is 9.69 Å². The molecule has 1 atom stereocenters. The molecule has 1 amide bonds. The first-order chi connectivity index (χ1) is 14.8. The van der Waals surface area contributed by atoms with Gasteiger partial charge < -0.3 is 4.90 Å². The van der Waals surface area contributed by atoms with E-state index in [1.807, 2.05) is 32.0 Å². The van der Waals surface area contributed by atoms with Crippen LogP contribution in [-0.4, -0.2) is 61.3 Å². The van der Waals surface area contributed by atoms with Gasteiger partial charge in [0.1, 0.15) is 15.3 Å². The minimum absolute atomic E-state index is 0.150. The maximum atomic E-state index is 13.1. The van der Waals surface area contributed by atoms with Crippen molar-refractivity contribution in [1.82, 2.24) is 19.5 Å². The van der Waals surface area contributed by atoms with Crippen molar-refractivity contribution in [3.05, 3.63) is 46.8 Å². The van der Waals surface area contributed by atoms with Crippen molar-refractivity contribution in [1.29, 1.82) is 0 Å². The highest BCUT2D eigenvalue weighted by Gasteiger charge is 2.33. The zero-order valence-corrected chi connectivity index (χ0v) is 20.0. The van der Waals surface area contributed by atoms with Crippen LogP contribution in [0.25, 0.3) is 10.2 Å². The summed E-state index contributed by atoms with van der Waals surface area (Å²) in [4.78, 5) is 21.9. The van der Waals surface area contributed by atoms with Crippen molar-refractivity contribution in [3.63, 3.8) is 0 Å². The van der Waals surface area contributed by atoms with Crippen molar-refractivity contribution in [2.24, 2.45) is 5.92 Å². The molecule has 166 valence electrons. The van der Waals surface area contributed by atoms with Gasteiger partial charge in [0.15, 0.2) is 0 Å². The second-order valence-corrected chi connectivity index (χ2v) is 12.0. The van der Waals surface area contributed by atoms with E-state index in [1.54, 1.807) is 33.7 Å². The SMILES string of the molecule is CC(C)C(NS(=O)(=O)c1cccs1)C(=O)N1CCN(Cc2nc3ccccc3s2)CC1. The number of piperazine rings is 1. The first-order valence-electron chi connectivity index (χ1n) is 10.2. The maximum absolute atomic E-state index is 13.1. The average molecular weight is 479 g/mol. The largest absolute Gasteiger partial charge is 0.339 e. The summed E-state index contributed by atoms with van der Waals surface area (Å²) < 4.78 is 29.3. The molecule has 0 bridgehead atoms. The van der Waals surface area contributed by atoms with Gasteiger partial charge in [-0.05, 0) is 29.5 Å². The number of carbonyl (C=O) groups excluding carboxylic acids is 1. The van der Waals surface area contributed by atoms with Gasteiger partial charge in [0.25, 0.3) is 10.0 Å². The molecule has 3 aromatic rings. The molecule has 1 unspecified atom stereocenters. The number of fused-ring (bicyclic) bond motifs is 1. The summed E-state index contributed by atoms with van der Waals surface area (Å²) in [6.45, 7) is 7.13. The lowest BCUT2D eigenvalue weighted by atomic mass is 10.0. The molecule has 10 heteroatoms. The van der Waals surface area contributed by atoms with Gasteiger partial charge in [0.2, 0.25) is 5.91 Å². The van der Waals surface area contributed by atoms with Gasteiger partial charge in [-0.25, -0.2) is 13.4 Å². The molecule has 3 heterocycles. The molecule has 1 saturated heterocycles. The predicted octanol–water partition coefficient (Wildman–Crippen LogP) is 3.01. The van der Waals surface area contributed by atoms with Crippen molar-refractivity contribution in [3.8, 4) is 0 Å². The van der Waals surface area contributed by atoms with Crippen LogP contribution >= 0.6 is 22.7 Å². The van der Waals surface area contributed by atoms with Crippen molar-refractivity contribution in [2.45, 2.75) is 30.6 Å². The summed E-state index contributed by atoms with van der Waals surface area (Å²) in [6.07, 6.45) is 0. The van der Waals surface area contributed by atoms with Crippen molar-refractivity contribution in [2.75, 3.05) is 26.2 Å². The summed E-state index contributed by atoms with van der Waals surface area (Å²) in [5.41, 5.74) is 1.02. The molecule has 0 saturated carbocycles. The third-order valence-corrected chi connectivity index (χ3v) is 9.22. The zero-order valence-electron chi connectivity index (χ0n) is 17.5. The fourth-order valence-electron chi connectivity index (χ4n) is 3.62. The van der Waals surface area contributed by atoms with E-state index in [9.17, 15) is 13.2 Å². The summed E-state index contributed by atoms with van der Waals surface area (Å²) in [5, 5.41) is 2.79. The molecular formula is C21H26N4O3S3. The Morgan fingerprint density at radius 2 is 1.87 bits per heavy atom. The Hall–Kier alpha value is -1.85. The average Bonchev–Trinajstić information content (AvgIpc) is 3.42. The number of para-hydroxylation sites is 1. The zero-order chi connectivity index (χ0) is 22.0. The Kier molecular flexibility index (Phi) is 6.73. The molecule has 31 heavy (non-hydrogen) atoms. The topological polar surface area (TPSA) is 82.6 Å². The molecule has 4 rings (SSSR count). The number of carbonyl (C=O) groups is 1. The van der Waals surface area contributed by atoms with Crippen LogP contribution in [-0.2, 0) is 21.4 Å². The van der Waals surface area contributed by atoms with Crippen LogP contribution in [0.4, 0.5) is 0 Å². The Labute approximate surface area is 190 Å².